The van der Waals surface area contributed by atoms with E-state index in [-0.39, 0.29) is 0 Å². The van der Waals surface area contributed by atoms with E-state index in [1.807, 2.05) is 6.92 Å². The van der Waals surface area contributed by atoms with Crippen LogP contribution in [0.1, 0.15) is 24.1 Å². The van der Waals surface area contributed by atoms with Gasteiger partial charge in [0.05, 0.1) is 13.2 Å². The Kier molecular flexibility index (Phi) is 4.85. The van der Waals surface area contributed by atoms with Gasteiger partial charge in [-0.3, -0.25) is 0 Å². The summed E-state index contributed by atoms with van der Waals surface area (Å²) in [6, 6.07) is 7.26. The molecule has 0 aliphatic rings. The van der Waals surface area contributed by atoms with Gasteiger partial charge in [0.25, 0.3) is 0 Å². The van der Waals surface area contributed by atoms with Gasteiger partial charge in [-0.15, -0.1) is 0 Å². The van der Waals surface area contributed by atoms with Crippen molar-refractivity contribution in [3.05, 3.63) is 65.0 Å². The van der Waals surface area contributed by atoms with Crippen molar-refractivity contribution in [3.63, 3.8) is 0 Å². The molecule has 0 aliphatic carbocycles. The molecule has 2 aromatic carbocycles. The van der Waals surface area contributed by atoms with Crippen LogP contribution in [0.4, 0.5) is 13.2 Å². The van der Waals surface area contributed by atoms with Gasteiger partial charge in [-0.25, -0.2) is 13.2 Å². The summed E-state index contributed by atoms with van der Waals surface area (Å²) in [5, 5.41) is 3.13. The second kappa shape index (κ2) is 6.63. The summed E-state index contributed by atoms with van der Waals surface area (Å²) < 4.78 is 45.3. The second-order valence-corrected chi connectivity index (χ2v) is 4.55. The monoisotopic (exact) mass is 295 g/mol. The Morgan fingerprint density at radius 2 is 1.81 bits per heavy atom. The molecule has 1 unspecified atom stereocenters. The van der Waals surface area contributed by atoms with Crippen LogP contribution in [-0.4, -0.2) is 13.7 Å². The van der Waals surface area contributed by atoms with Gasteiger partial charge in [-0.2, -0.15) is 0 Å². The van der Waals surface area contributed by atoms with Crippen LogP contribution in [0.2, 0.25) is 0 Å². The maximum absolute atomic E-state index is 13.5. The van der Waals surface area contributed by atoms with Gasteiger partial charge >= 0.3 is 0 Å². The Hall–Kier alpha value is -2.01. The number of benzene rings is 2. The Balaban J connectivity index is 2.52. The van der Waals surface area contributed by atoms with Crippen LogP contribution in [0.25, 0.3) is 0 Å². The minimum Gasteiger partial charge on any atom is -0.496 e. The number of ether oxygens (including phenoxy) is 1. The molecule has 0 amide bonds. The van der Waals surface area contributed by atoms with Crippen LogP contribution in [-0.2, 0) is 0 Å². The standard InChI is InChI=1S/C16H16F3NO/c1-3-20-16(10-4-6-13(18)14(19)8-10)12-9-11(17)5-7-15(12)21-2/h4-9,16,20H,3H2,1-2H3. The lowest BCUT2D eigenvalue weighted by molar-refractivity contribution is 0.402. The van der Waals surface area contributed by atoms with Gasteiger partial charge in [0.15, 0.2) is 11.6 Å². The predicted molar refractivity (Wildman–Crippen MR) is 74.8 cm³/mol. The number of hydrogen-bond donors (Lipinski definition) is 1. The van der Waals surface area contributed by atoms with E-state index in [0.29, 0.717) is 23.4 Å². The van der Waals surface area contributed by atoms with Gasteiger partial charge in [0.2, 0.25) is 0 Å². The van der Waals surface area contributed by atoms with Crippen molar-refractivity contribution in [3.8, 4) is 5.75 Å². The highest BCUT2D eigenvalue weighted by molar-refractivity contribution is 5.42. The second-order valence-electron chi connectivity index (χ2n) is 4.55. The molecule has 0 heterocycles. The van der Waals surface area contributed by atoms with Gasteiger partial charge in [-0.1, -0.05) is 13.0 Å². The molecule has 0 bridgehead atoms. The maximum atomic E-state index is 13.5. The third-order valence-electron chi connectivity index (χ3n) is 3.19. The van der Waals surface area contributed by atoms with E-state index in [0.717, 1.165) is 12.1 Å². The van der Waals surface area contributed by atoms with Crippen LogP contribution in [0, 0.1) is 17.5 Å². The normalized spacial score (nSPS) is 12.2. The number of nitrogens with one attached hydrogen (secondary N) is 1. The highest BCUT2D eigenvalue weighted by Gasteiger charge is 2.19. The molecule has 0 saturated carbocycles. The van der Waals surface area contributed by atoms with Crippen LogP contribution < -0.4 is 10.1 Å². The van der Waals surface area contributed by atoms with Crippen LogP contribution in [0.15, 0.2) is 36.4 Å². The zero-order chi connectivity index (χ0) is 15.4. The zero-order valence-corrected chi connectivity index (χ0v) is 11.8. The summed E-state index contributed by atoms with van der Waals surface area (Å²) in [4.78, 5) is 0. The third-order valence-corrected chi connectivity index (χ3v) is 3.19. The molecular weight excluding hydrogens is 279 g/mol. The van der Waals surface area contributed by atoms with Gasteiger partial charge in [0, 0.05) is 5.56 Å². The average molecular weight is 295 g/mol. The first-order chi connectivity index (χ1) is 10.1. The van der Waals surface area contributed by atoms with Crippen molar-refractivity contribution in [2.75, 3.05) is 13.7 Å². The Labute approximate surface area is 121 Å². The van der Waals surface area contributed by atoms with E-state index in [1.165, 1.54) is 31.4 Å². The first-order valence-electron chi connectivity index (χ1n) is 6.58. The van der Waals surface area contributed by atoms with Crippen molar-refractivity contribution >= 4 is 0 Å². The Bertz CT molecular complexity index is 631. The minimum absolute atomic E-state index is 0.420. The molecule has 21 heavy (non-hydrogen) atoms. The average Bonchev–Trinajstić information content (AvgIpc) is 2.48. The number of halogens is 3. The molecule has 5 heteroatoms. The molecule has 0 aliphatic heterocycles. The lowest BCUT2D eigenvalue weighted by atomic mass is 9.97. The van der Waals surface area contributed by atoms with E-state index in [9.17, 15) is 13.2 Å². The molecule has 2 nitrogen and oxygen atoms in total. The van der Waals surface area contributed by atoms with E-state index in [4.69, 9.17) is 4.74 Å². The topological polar surface area (TPSA) is 21.3 Å². The molecule has 0 fully saturated rings. The Morgan fingerprint density at radius 1 is 1.05 bits per heavy atom. The molecule has 2 rings (SSSR count). The predicted octanol–water partition coefficient (Wildman–Crippen LogP) is 3.81. The van der Waals surface area contributed by atoms with Crippen LogP contribution in [0.5, 0.6) is 5.75 Å². The fourth-order valence-electron chi connectivity index (χ4n) is 2.23. The van der Waals surface area contributed by atoms with Gasteiger partial charge < -0.3 is 10.1 Å². The summed E-state index contributed by atoms with van der Waals surface area (Å²) >= 11 is 0. The smallest absolute Gasteiger partial charge is 0.159 e. The molecule has 1 atom stereocenters. The van der Waals surface area contributed by atoms with E-state index < -0.39 is 23.5 Å². The highest BCUT2D eigenvalue weighted by Crippen LogP contribution is 2.31. The number of methoxy groups -OCH3 is 1. The molecular formula is C16H16F3NO. The van der Waals surface area contributed by atoms with Crippen molar-refractivity contribution in [2.24, 2.45) is 0 Å². The van der Waals surface area contributed by atoms with Gasteiger partial charge in [-0.05, 0) is 42.4 Å². The summed E-state index contributed by atoms with van der Waals surface area (Å²) in [5.74, 6) is -1.80. The minimum atomic E-state index is -0.939. The highest BCUT2D eigenvalue weighted by atomic mass is 19.2. The number of hydrogen-bond acceptors (Lipinski definition) is 2. The van der Waals surface area contributed by atoms with E-state index in [1.54, 1.807) is 0 Å². The van der Waals surface area contributed by atoms with Crippen molar-refractivity contribution in [1.29, 1.82) is 0 Å². The number of rotatable bonds is 5. The lowest BCUT2D eigenvalue weighted by Crippen LogP contribution is -2.23. The molecule has 0 spiro atoms. The third kappa shape index (κ3) is 3.36. The maximum Gasteiger partial charge on any atom is 0.159 e. The fraction of sp³-hybridized carbons (Fsp3) is 0.250. The fourth-order valence-corrected chi connectivity index (χ4v) is 2.23. The first kappa shape index (κ1) is 15.4. The Morgan fingerprint density at radius 3 is 2.43 bits per heavy atom. The van der Waals surface area contributed by atoms with Crippen molar-refractivity contribution in [2.45, 2.75) is 13.0 Å². The molecule has 0 aromatic heterocycles. The van der Waals surface area contributed by atoms with Crippen LogP contribution in [0.3, 0.4) is 0 Å². The van der Waals surface area contributed by atoms with E-state index >= 15 is 0 Å². The summed E-state index contributed by atoms with van der Waals surface area (Å²) in [6.07, 6.45) is 0. The van der Waals surface area contributed by atoms with Crippen molar-refractivity contribution < 1.29 is 17.9 Å². The largest absolute Gasteiger partial charge is 0.496 e. The first-order valence-corrected chi connectivity index (χ1v) is 6.58. The molecule has 112 valence electrons. The van der Waals surface area contributed by atoms with E-state index in [2.05, 4.69) is 5.32 Å². The lowest BCUT2D eigenvalue weighted by Gasteiger charge is -2.21. The molecule has 0 saturated heterocycles. The van der Waals surface area contributed by atoms with Gasteiger partial charge in [0.1, 0.15) is 11.6 Å². The van der Waals surface area contributed by atoms with Crippen LogP contribution >= 0.6 is 0 Å². The molecule has 2 aromatic rings. The molecule has 1 N–H and O–H groups in total. The SMILES string of the molecule is CCNC(c1ccc(F)c(F)c1)c1cc(F)ccc1OC. The summed E-state index contributed by atoms with van der Waals surface area (Å²) in [7, 11) is 1.48. The quantitative estimate of drug-likeness (QED) is 0.905. The summed E-state index contributed by atoms with van der Waals surface area (Å²) in [6.45, 7) is 2.45. The molecule has 0 radical (unpaired) electrons. The zero-order valence-electron chi connectivity index (χ0n) is 11.8. The summed E-state index contributed by atoms with van der Waals surface area (Å²) in [5.41, 5.74) is 1.03. The van der Waals surface area contributed by atoms with Crippen molar-refractivity contribution in [1.82, 2.24) is 5.32 Å².